The topological polar surface area (TPSA) is 44.9 Å². The number of fused-ring (bicyclic) bond motifs is 1. The quantitative estimate of drug-likeness (QED) is 0.731. The molecule has 5 nitrogen and oxygen atoms in total. The van der Waals surface area contributed by atoms with Gasteiger partial charge in [0.25, 0.3) is 0 Å². The highest BCUT2D eigenvalue weighted by Crippen LogP contribution is 2.29. The van der Waals surface area contributed by atoms with Gasteiger partial charge in [-0.25, -0.2) is 4.68 Å². The van der Waals surface area contributed by atoms with E-state index in [2.05, 4.69) is 26.1 Å². The van der Waals surface area contributed by atoms with E-state index in [-0.39, 0.29) is 0 Å². The molecular weight excluding hydrogens is 296 g/mol. The van der Waals surface area contributed by atoms with Crippen LogP contribution in [0.4, 0.5) is 0 Å². The molecule has 0 amide bonds. The van der Waals surface area contributed by atoms with Crippen molar-refractivity contribution >= 4 is 26.8 Å². The van der Waals surface area contributed by atoms with Crippen LogP contribution in [-0.4, -0.2) is 26.7 Å². The normalized spacial score (nSPS) is 11.1. The third-order valence-corrected chi connectivity index (χ3v) is 3.43. The van der Waals surface area contributed by atoms with Crippen LogP contribution in [0.1, 0.15) is 0 Å². The van der Waals surface area contributed by atoms with Crippen LogP contribution in [-0.2, 0) is 7.05 Å². The van der Waals surface area contributed by atoms with Crippen molar-refractivity contribution in [2.45, 2.75) is 0 Å². The average Bonchev–Trinajstić information content (AvgIpc) is 2.93. The number of nitrogens with zero attached hydrogens (tertiary/aromatic N) is 4. The molecule has 3 aromatic rings. The summed E-state index contributed by atoms with van der Waals surface area (Å²) in [5.74, 6) is 1.69. The maximum absolute atomic E-state index is 5.26. The second kappa shape index (κ2) is 4.13. The Morgan fingerprint density at radius 1 is 1.33 bits per heavy atom. The van der Waals surface area contributed by atoms with Crippen molar-refractivity contribution in [3.8, 4) is 11.6 Å². The number of ether oxygens (including phenoxy) is 1. The Morgan fingerprint density at radius 2 is 2.17 bits per heavy atom. The second-order valence-corrected chi connectivity index (χ2v) is 4.79. The van der Waals surface area contributed by atoms with E-state index in [0.717, 1.165) is 26.9 Å². The van der Waals surface area contributed by atoms with Gasteiger partial charge < -0.3 is 4.74 Å². The van der Waals surface area contributed by atoms with Gasteiger partial charge in [-0.3, -0.25) is 4.68 Å². The Hall–Kier alpha value is -1.82. The van der Waals surface area contributed by atoms with Crippen LogP contribution in [0, 0.1) is 0 Å². The number of halogens is 1. The van der Waals surface area contributed by atoms with E-state index in [4.69, 9.17) is 4.74 Å². The van der Waals surface area contributed by atoms with E-state index in [0.29, 0.717) is 0 Å². The van der Waals surface area contributed by atoms with Gasteiger partial charge in [0.1, 0.15) is 5.75 Å². The van der Waals surface area contributed by atoms with Crippen LogP contribution < -0.4 is 4.74 Å². The molecule has 2 heterocycles. The first kappa shape index (κ1) is 11.3. The molecule has 6 heteroatoms. The van der Waals surface area contributed by atoms with Crippen LogP contribution >= 0.6 is 15.9 Å². The molecule has 0 aliphatic rings. The SMILES string of the molecule is COc1cc2nn(-c3ccnn3C)cc2cc1Br. The summed E-state index contributed by atoms with van der Waals surface area (Å²) in [6.07, 6.45) is 3.72. The highest BCUT2D eigenvalue weighted by atomic mass is 79.9. The van der Waals surface area contributed by atoms with Gasteiger partial charge in [0.2, 0.25) is 0 Å². The first-order chi connectivity index (χ1) is 8.69. The van der Waals surface area contributed by atoms with Gasteiger partial charge in [0, 0.05) is 30.8 Å². The Kier molecular flexibility index (Phi) is 2.59. The molecule has 0 radical (unpaired) electrons. The second-order valence-electron chi connectivity index (χ2n) is 3.93. The fraction of sp³-hybridized carbons (Fsp3) is 0.167. The molecule has 0 saturated heterocycles. The first-order valence-corrected chi connectivity index (χ1v) is 6.19. The third-order valence-electron chi connectivity index (χ3n) is 2.81. The van der Waals surface area contributed by atoms with Crippen LogP contribution in [0.15, 0.2) is 35.1 Å². The van der Waals surface area contributed by atoms with E-state index in [9.17, 15) is 0 Å². The van der Waals surface area contributed by atoms with Crippen LogP contribution in [0.2, 0.25) is 0 Å². The Bertz CT molecular complexity index is 716. The molecular formula is C12H11BrN4O. The highest BCUT2D eigenvalue weighted by Gasteiger charge is 2.09. The molecule has 0 atom stereocenters. The minimum Gasteiger partial charge on any atom is -0.495 e. The van der Waals surface area contributed by atoms with Gasteiger partial charge in [-0.2, -0.15) is 10.2 Å². The monoisotopic (exact) mass is 306 g/mol. The number of hydrogen-bond acceptors (Lipinski definition) is 3. The van der Waals surface area contributed by atoms with E-state index in [1.165, 1.54) is 0 Å². The number of hydrogen-bond donors (Lipinski definition) is 0. The van der Waals surface area contributed by atoms with Crippen molar-refractivity contribution in [2.75, 3.05) is 7.11 Å². The molecule has 2 aromatic heterocycles. The smallest absolute Gasteiger partial charge is 0.151 e. The summed E-state index contributed by atoms with van der Waals surface area (Å²) in [6.45, 7) is 0. The predicted molar refractivity (Wildman–Crippen MR) is 72.1 cm³/mol. The Labute approximate surface area is 112 Å². The molecule has 92 valence electrons. The van der Waals surface area contributed by atoms with Crippen molar-refractivity contribution in [1.29, 1.82) is 0 Å². The molecule has 0 unspecified atom stereocenters. The van der Waals surface area contributed by atoms with E-state index in [1.807, 2.05) is 36.1 Å². The molecule has 0 N–H and O–H groups in total. The number of rotatable bonds is 2. The summed E-state index contributed by atoms with van der Waals surface area (Å²) in [5, 5.41) is 9.70. The van der Waals surface area contributed by atoms with Crippen molar-refractivity contribution in [3.63, 3.8) is 0 Å². The van der Waals surface area contributed by atoms with Gasteiger partial charge in [-0.15, -0.1) is 0 Å². The van der Waals surface area contributed by atoms with E-state index < -0.39 is 0 Å². The maximum Gasteiger partial charge on any atom is 0.151 e. The maximum atomic E-state index is 5.26. The summed E-state index contributed by atoms with van der Waals surface area (Å²) in [5.41, 5.74) is 0.885. The third kappa shape index (κ3) is 1.69. The van der Waals surface area contributed by atoms with Crippen LogP contribution in [0.3, 0.4) is 0 Å². The molecule has 0 spiro atoms. The van der Waals surface area contributed by atoms with E-state index >= 15 is 0 Å². The van der Waals surface area contributed by atoms with Gasteiger partial charge in [-0.05, 0) is 22.0 Å². The lowest BCUT2D eigenvalue weighted by Crippen LogP contribution is -2.02. The lowest BCUT2D eigenvalue weighted by molar-refractivity contribution is 0.412. The van der Waals surface area contributed by atoms with E-state index in [1.54, 1.807) is 18.0 Å². The molecule has 0 aliphatic heterocycles. The zero-order valence-electron chi connectivity index (χ0n) is 9.96. The number of aryl methyl sites for hydroxylation is 1. The lowest BCUT2D eigenvalue weighted by atomic mass is 10.2. The molecule has 3 rings (SSSR count). The zero-order valence-corrected chi connectivity index (χ0v) is 11.5. The van der Waals surface area contributed by atoms with Gasteiger partial charge in [0.05, 0.1) is 23.3 Å². The van der Waals surface area contributed by atoms with Gasteiger partial charge in [0.15, 0.2) is 5.82 Å². The summed E-state index contributed by atoms with van der Waals surface area (Å²) in [7, 11) is 3.53. The summed E-state index contributed by atoms with van der Waals surface area (Å²) >= 11 is 3.47. The largest absolute Gasteiger partial charge is 0.495 e. The molecule has 18 heavy (non-hydrogen) atoms. The summed E-state index contributed by atoms with van der Waals surface area (Å²) in [4.78, 5) is 0. The Morgan fingerprint density at radius 3 is 2.83 bits per heavy atom. The van der Waals surface area contributed by atoms with Crippen LogP contribution in [0.5, 0.6) is 5.75 Å². The summed E-state index contributed by atoms with van der Waals surface area (Å²) < 4.78 is 9.77. The van der Waals surface area contributed by atoms with Crippen molar-refractivity contribution in [2.24, 2.45) is 7.05 Å². The number of methoxy groups -OCH3 is 1. The van der Waals surface area contributed by atoms with Gasteiger partial charge in [-0.1, -0.05) is 0 Å². The molecule has 0 saturated carbocycles. The molecule has 0 aliphatic carbocycles. The first-order valence-electron chi connectivity index (χ1n) is 5.40. The van der Waals surface area contributed by atoms with Crippen LogP contribution in [0.25, 0.3) is 16.7 Å². The molecule has 0 bridgehead atoms. The fourth-order valence-electron chi connectivity index (χ4n) is 1.89. The molecule has 0 fully saturated rings. The zero-order chi connectivity index (χ0) is 12.7. The predicted octanol–water partition coefficient (Wildman–Crippen LogP) is 2.53. The minimum atomic E-state index is 0.776. The standard InChI is InChI=1S/C12H11BrN4O/c1-16-12(3-4-14-16)17-7-8-5-9(13)11(18-2)6-10(8)15-17/h3-7H,1-2H3. The van der Waals surface area contributed by atoms with Crippen molar-refractivity contribution in [3.05, 3.63) is 35.1 Å². The highest BCUT2D eigenvalue weighted by molar-refractivity contribution is 9.10. The van der Waals surface area contributed by atoms with Gasteiger partial charge >= 0.3 is 0 Å². The fourth-order valence-corrected chi connectivity index (χ4v) is 2.41. The lowest BCUT2D eigenvalue weighted by Gasteiger charge is -2.01. The minimum absolute atomic E-state index is 0.776. The average molecular weight is 307 g/mol. The van der Waals surface area contributed by atoms with Crippen molar-refractivity contribution < 1.29 is 4.74 Å². The number of benzene rings is 1. The van der Waals surface area contributed by atoms with Crippen molar-refractivity contribution in [1.82, 2.24) is 19.6 Å². The summed E-state index contributed by atoms with van der Waals surface area (Å²) in [6, 6.07) is 5.82. The Balaban J connectivity index is 2.20. The molecule has 1 aromatic carbocycles. The number of aromatic nitrogens is 4.